The molecule has 0 fully saturated rings. The van der Waals surface area contributed by atoms with Gasteiger partial charge in [-0.3, -0.25) is 0 Å². The Labute approximate surface area is 121 Å². The van der Waals surface area contributed by atoms with E-state index in [1.54, 1.807) is 21.3 Å². The van der Waals surface area contributed by atoms with Crippen LogP contribution in [0.2, 0.25) is 0 Å². The van der Waals surface area contributed by atoms with Crippen LogP contribution in [-0.2, 0) is 0 Å². The molecule has 0 heterocycles. The zero-order valence-electron chi connectivity index (χ0n) is 13.0. The lowest BCUT2D eigenvalue weighted by molar-refractivity contribution is 0.288. The fourth-order valence-corrected chi connectivity index (χ4v) is 1.86. The molecule has 1 aromatic carbocycles. The number of methoxy groups -OCH3 is 3. The Morgan fingerprint density at radius 3 is 2.10 bits per heavy atom. The van der Waals surface area contributed by atoms with Crippen molar-refractivity contribution in [1.82, 2.24) is 5.32 Å². The summed E-state index contributed by atoms with van der Waals surface area (Å²) >= 11 is 0. The number of benzene rings is 1. The lowest BCUT2D eigenvalue weighted by Gasteiger charge is -2.15. The third-order valence-electron chi connectivity index (χ3n) is 3.18. The SMILES string of the molecule is CNC(C)CCCOc1cc(OC)c(OC)c(OC)c1. The van der Waals surface area contributed by atoms with Crippen molar-refractivity contribution in [3.05, 3.63) is 12.1 Å². The van der Waals surface area contributed by atoms with Gasteiger partial charge < -0.3 is 24.3 Å². The minimum Gasteiger partial charge on any atom is -0.493 e. The van der Waals surface area contributed by atoms with Crippen molar-refractivity contribution in [2.75, 3.05) is 35.0 Å². The van der Waals surface area contributed by atoms with Crippen molar-refractivity contribution < 1.29 is 18.9 Å². The Hall–Kier alpha value is -1.62. The lowest BCUT2D eigenvalue weighted by Crippen LogP contribution is -2.21. The smallest absolute Gasteiger partial charge is 0.203 e. The van der Waals surface area contributed by atoms with Crippen LogP contribution in [0.3, 0.4) is 0 Å². The molecule has 0 aliphatic rings. The number of nitrogens with one attached hydrogen (secondary N) is 1. The molecule has 1 atom stereocenters. The van der Waals surface area contributed by atoms with Gasteiger partial charge in [-0.1, -0.05) is 0 Å². The van der Waals surface area contributed by atoms with Crippen LogP contribution in [0.15, 0.2) is 12.1 Å². The van der Waals surface area contributed by atoms with E-state index >= 15 is 0 Å². The maximum Gasteiger partial charge on any atom is 0.203 e. The molecule has 0 amide bonds. The van der Waals surface area contributed by atoms with Gasteiger partial charge in [0.1, 0.15) is 5.75 Å². The summed E-state index contributed by atoms with van der Waals surface area (Å²) in [4.78, 5) is 0. The van der Waals surface area contributed by atoms with Crippen LogP contribution in [0.25, 0.3) is 0 Å². The molecule has 0 aromatic heterocycles. The van der Waals surface area contributed by atoms with Crippen molar-refractivity contribution in [3.8, 4) is 23.0 Å². The molecular formula is C15H25NO4. The Morgan fingerprint density at radius 2 is 1.65 bits per heavy atom. The predicted molar refractivity (Wildman–Crippen MR) is 79.3 cm³/mol. The summed E-state index contributed by atoms with van der Waals surface area (Å²) in [5.41, 5.74) is 0. The predicted octanol–water partition coefficient (Wildman–Crippen LogP) is 2.48. The molecule has 1 rings (SSSR count). The molecule has 0 saturated heterocycles. The van der Waals surface area contributed by atoms with E-state index < -0.39 is 0 Å². The quantitative estimate of drug-likeness (QED) is 0.706. The van der Waals surface area contributed by atoms with Crippen molar-refractivity contribution in [1.29, 1.82) is 0 Å². The average Bonchev–Trinajstić information content (AvgIpc) is 2.49. The van der Waals surface area contributed by atoms with Crippen LogP contribution in [0.4, 0.5) is 0 Å². The molecule has 0 aliphatic carbocycles. The molecule has 1 aromatic rings. The van der Waals surface area contributed by atoms with Gasteiger partial charge in [-0.25, -0.2) is 0 Å². The summed E-state index contributed by atoms with van der Waals surface area (Å²) in [6, 6.07) is 4.12. The van der Waals surface area contributed by atoms with Crippen LogP contribution in [0.5, 0.6) is 23.0 Å². The van der Waals surface area contributed by atoms with E-state index in [1.807, 2.05) is 19.2 Å². The Bertz CT molecular complexity index is 384. The molecule has 5 nitrogen and oxygen atoms in total. The molecule has 20 heavy (non-hydrogen) atoms. The van der Waals surface area contributed by atoms with Crippen molar-refractivity contribution in [2.24, 2.45) is 0 Å². The first-order valence-corrected chi connectivity index (χ1v) is 6.76. The highest BCUT2D eigenvalue weighted by molar-refractivity contribution is 5.55. The summed E-state index contributed by atoms with van der Waals surface area (Å²) in [5.74, 6) is 2.50. The zero-order valence-corrected chi connectivity index (χ0v) is 13.0. The van der Waals surface area contributed by atoms with Crippen molar-refractivity contribution >= 4 is 0 Å². The summed E-state index contributed by atoms with van der Waals surface area (Å²) < 4.78 is 21.6. The van der Waals surface area contributed by atoms with E-state index in [1.165, 1.54) is 0 Å². The van der Waals surface area contributed by atoms with E-state index in [0.717, 1.165) is 18.6 Å². The summed E-state index contributed by atoms with van der Waals surface area (Å²) in [5, 5.41) is 3.20. The highest BCUT2D eigenvalue weighted by Crippen LogP contribution is 2.40. The molecule has 0 saturated carbocycles. The minimum absolute atomic E-state index is 0.499. The van der Waals surface area contributed by atoms with Crippen LogP contribution < -0.4 is 24.3 Å². The van der Waals surface area contributed by atoms with Crippen LogP contribution in [0, 0.1) is 0 Å². The summed E-state index contributed by atoms with van der Waals surface area (Å²) in [6.07, 6.45) is 2.06. The summed E-state index contributed by atoms with van der Waals surface area (Å²) in [7, 11) is 6.73. The molecule has 0 bridgehead atoms. The van der Waals surface area contributed by atoms with Gasteiger partial charge in [-0.05, 0) is 26.8 Å². The van der Waals surface area contributed by atoms with Crippen molar-refractivity contribution in [2.45, 2.75) is 25.8 Å². The monoisotopic (exact) mass is 283 g/mol. The first-order chi connectivity index (χ1) is 9.65. The fraction of sp³-hybridized carbons (Fsp3) is 0.600. The minimum atomic E-state index is 0.499. The molecular weight excluding hydrogens is 258 g/mol. The molecule has 1 N–H and O–H groups in total. The van der Waals surface area contributed by atoms with Crippen LogP contribution in [-0.4, -0.2) is 41.0 Å². The second-order valence-corrected chi connectivity index (χ2v) is 4.54. The largest absolute Gasteiger partial charge is 0.493 e. The second-order valence-electron chi connectivity index (χ2n) is 4.54. The second kappa shape index (κ2) is 8.53. The third-order valence-corrected chi connectivity index (χ3v) is 3.18. The van der Waals surface area contributed by atoms with E-state index in [4.69, 9.17) is 18.9 Å². The maximum absolute atomic E-state index is 5.74. The highest BCUT2D eigenvalue weighted by Gasteiger charge is 2.13. The highest BCUT2D eigenvalue weighted by atomic mass is 16.5. The van der Waals surface area contributed by atoms with Gasteiger partial charge in [0.15, 0.2) is 11.5 Å². The van der Waals surface area contributed by atoms with Gasteiger partial charge in [-0.2, -0.15) is 0 Å². The number of hydrogen-bond donors (Lipinski definition) is 1. The van der Waals surface area contributed by atoms with Gasteiger partial charge in [0.25, 0.3) is 0 Å². The Morgan fingerprint density at radius 1 is 1.05 bits per heavy atom. The number of hydrogen-bond acceptors (Lipinski definition) is 5. The van der Waals surface area contributed by atoms with Gasteiger partial charge in [0, 0.05) is 18.2 Å². The van der Waals surface area contributed by atoms with Gasteiger partial charge >= 0.3 is 0 Å². The maximum atomic E-state index is 5.74. The van der Waals surface area contributed by atoms with Crippen LogP contribution in [0.1, 0.15) is 19.8 Å². The number of ether oxygens (including phenoxy) is 4. The van der Waals surface area contributed by atoms with E-state index in [9.17, 15) is 0 Å². The summed E-state index contributed by atoms with van der Waals surface area (Å²) in [6.45, 7) is 2.81. The Kier molecular flexibility index (Phi) is 7.01. The molecule has 5 heteroatoms. The van der Waals surface area contributed by atoms with Gasteiger partial charge in [0.05, 0.1) is 27.9 Å². The first kappa shape index (κ1) is 16.4. The van der Waals surface area contributed by atoms with E-state index in [0.29, 0.717) is 29.9 Å². The van der Waals surface area contributed by atoms with Crippen molar-refractivity contribution in [3.63, 3.8) is 0 Å². The van der Waals surface area contributed by atoms with E-state index in [-0.39, 0.29) is 0 Å². The molecule has 114 valence electrons. The van der Waals surface area contributed by atoms with Crippen LogP contribution >= 0.6 is 0 Å². The topological polar surface area (TPSA) is 49.0 Å². The average molecular weight is 283 g/mol. The number of rotatable bonds is 9. The molecule has 1 unspecified atom stereocenters. The fourth-order valence-electron chi connectivity index (χ4n) is 1.86. The molecule has 0 aliphatic heterocycles. The standard InChI is InChI=1S/C15H25NO4/c1-11(16-2)7-6-8-20-12-9-13(17-3)15(19-5)14(10-12)18-4/h9-11,16H,6-8H2,1-5H3. The lowest BCUT2D eigenvalue weighted by atomic mass is 10.2. The third kappa shape index (κ3) is 4.49. The van der Waals surface area contributed by atoms with Gasteiger partial charge in [-0.15, -0.1) is 0 Å². The van der Waals surface area contributed by atoms with E-state index in [2.05, 4.69) is 12.2 Å². The zero-order chi connectivity index (χ0) is 15.0. The normalized spacial score (nSPS) is 11.8. The van der Waals surface area contributed by atoms with Gasteiger partial charge in [0.2, 0.25) is 5.75 Å². The first-order valence-electron chi connectivity index (χ1n) is 6.76. The molecule has 0 radical (unpaired) electrons. The Balaban J connectivity index is 2.66. The molecule has 0 spiro atoms.